The number of carbonyl (C=O) groups is 3. The van der Waals surface area contributed by atoms with Crippen LogP contribution in [0.1, 0.15) is 53.4 Å². The van der Waals surface area contributed by atoms with E-state index in [2.05, 4.69) is 0 Å². The second-order valence-corrected chi connectivity index (χ2v) is 7.45. The summed E-state index contributed by atoms with van der Waals surface area (Å²) < 4.78 is 10.9. The monoisotopic (exact) mass is 294 g/mol. The van der Waals surface area contributed by atoms with Gasteiger partial charge >= 0.3 is 11.9 Å². The van der Waals surface area contributed by atoms with E-state index in [4.69, 9.17) is 9.47 Å². The Morgan fingerprint density at radius 1 is 1.19 bits per heavy atom. The van der Waals surface area contributed by atoms with Gasteiger partial charge in [0, 0.05) is 11.3 Å². The van der Waals surface area contributed by atoms with Gasteiger partial charge in [0.15, 0.2) is 11.9 Å². The molecule has 2 unspecified atom stereocenters. The van der Waals surface area contributed by atoms with Crippen LogP contribution in [-0.2, 0) is 23.9 Å². The third-order valence-corrected chi connectivity index (χ3v) is 6.33. The van der Waals surface area contributed by atoms with Crippen LogP contribution in [0.15, 0.2) is 0 Å². The molecule has 0 amide bonds. The highest BCUT2D eigenvalue weighted by atomic mass is 16.6. The second kappa shape index (κ2) is 4.08. The van der Waals surface area contributed by atoms with E-state index in [-0.39, 0.29) is 17.7 Å². The van der Waals surface area contributed by atoms with Crippen LogP contribution in [-0.4, -0.2) is 29.4 Å². The van der Waals surface area contributed by atoms with E-state index in [9.17, 15) is 14.4 Å². The van der Waals surface area contributed by atoms with Crippen LogP contribution in [0, 0.1) is 16.7 Å². The summed E-state index contributed by atoms with van der Waals surface area (Å²) in [6.07, 6.45) is 1.71. The first-order valence-electron chi connectivity index (χ1n) is 7.64. The minimum Gasteiger partial charge on any atom is -0.451 e. The molecule has 21 heavy (non-hydrogen) atoms. The minimum atomic E-state index is -1.23. The SMILES string of the molecule is C[C@@H]1CC[C@@H](OC(=O)C23CCC(C)(C(=O)O2)C3(C)C)C1=O. The van der Waals surface area contributed by atoms with E-state index in [1.807, 2.05) is 27.7 Å². The van der Waals surface area contributed by atoms with Crippen LogP contribution in [0.25, 0.3) is 0 Å². The highest BCUT2D eigenvalue weighted by Crippen LogP contribution is 2.65. The number of fused-ring (bicyclic) bond motifs is 2. The number of ether oxygens (including phenoxy) is 2. The number of ketones is 1. The van der Waals surface area contributed by atoms with E-state index >= 15 is 0 Å². The van der Waals surface area contributed by atoms with Crippen molar-refractivity contribution >= 4 is 17.7 Å². The Kier molecular flexibility index (Phi) is 2.83. The minimum absolute atomic E-state index is 0.0253. The average molecular weight is 294 g/mol. The first-order valence-corrected chi connectivity index (χ1v) is 7.64. The van der Waals surface area contributed by atoms with Gasteiger partial charge in [-0.15, -0.1) is 0 Å². The molecule has 2 aliphatic carbocycles. The maximum absolute atomic E-state index is 12.7. The molecule has 0 aromatic carbocycles. The summed E-state index contributed by atoms with van der Waals surface area (Å²) in [5, 5.41) is 0. The molecule has 2 saturated carbocycles. The van der Waals surface area contributed by atoms with Crippen LogP contribution in [0.2, 0.25) is 0 Å². The molecule has 0 spiro atoms. The molecule has 3 aliphatic rings. The predicted molar refractivity (Wildman–Crippen MR) is 73.2 cm³/mol. The summed E-state index contributed by atoms with van der Waals surface area (Å²) in [6, 6.07) is 0. The molecule has 1 heterocycles. The average Bonchev–Trinajstić information content (AvgIpc) is 2.88. The summed E-state index contributed by atoms with van der Waals surface area (Å²) >= 11 is 0. The normalized spacial score (nSPS) is 44.0. The van der Waals surface area contributed by atoms with Crippen molar-refractivity contribution in [2.75, 3.05) is 0 Å². The molecule has 3 rings (SSSR count). The summed E-state index contributed by atoms with van der Waals surface area (Å²) in [5.74, 6) is -0.965. The van der Waals surface area contributed by atoms with Crippen LogP contribution >= 0.6 is 0 Å². The zero-order chi connectivity index (χ0) is 15.6. The highest BCUT2D eigenvalue weighted by molar-refractivity contribution is 5.95. The Labute approximate surface area is 124 Å². The number of rotatable bonds is 2. The van der Waals surface area contributed by atoms with Crippen LogP contribution in [0.4, 0.5) is 0 Å². The predicted octanol–water partition coefficient (Wildman–Crippen LogP) is 2.02. The highest BCUT2D eigenvalue weighted by Gasteiger charge is 2.76. The van der Waals surface area contributed by atoms with Crippen LogP contribution < -0.4 is 0 Å². The fraction of sp³-hybridized carbons (Fsp3) is 0.812. The third kappa shape index (κ3) is 1.55. The molecule has 0 N–H and O–H groups in total. The van der Waals surface area contributed by atoms with Gasteiger partial charge in [0.1, 0.15) is 0 Å². The van der Waals surface area contributed by atoms with Gasteiger partial charge in [-0.2, -0.15) is 0 Å². The lowest BCUT2D eigenvalue weighted by atomic mass is 9.66. The van der Waals surface area contributed by atoms with Gasteiger partial charge in [-0.25, -0.2) is 4.79 Å². The van der Waals surface area contributed by atoms with Crippen molar-refractivity contribution in [2.24, 2.45) is 16.7 Å². The smallest absolute Gasteiger partial charge is 0.351 e. The maximum Gasteiger partial charge on any atom is 0.351 e. The molecule has 1 saturated heterocycles. The number of esters is 2. The number of Topliss-reactive ketones (excluding diaryl/α,β-unsaturated/α-hetero) is 1. The molecule has 0 aromatic heterocycles. The quantitative estimate of drug-likeness (QED) is 0.729. The van der Waals surface area contributed by atoms with Gasteiger partial charge < -0.3 is 9.47 Å². The van der Waals surface area contributed by atoms with Gasteiger partial charge in [0.2, 0.25) is 5.60 Å². The van der Waals surface area contributed by atoms with Gasteiger partial charge in [-0.1, -0.05) is 20.8 Å². The Hall–Kier alpha value is -1.39. The van der Waals surface area contributed by atoms with E-state index < -0.39 is 28.5 Å². The van der Waals surface area contributed by atoms with Gasteiger partial charge in [-0.3, -0.25) is 9.59 Å². The summed E-state index contributed by atoms with van der Waals surface area (Å²) in [5.41, 5.74) is -2.51. The Morgan fingerprint density at radius 3 is 2.29 bits per heavy atom. The first-order chi connectivity index (χ1) is 9.66. The van der Waals surface area contributed by atoms with Crippen molar-refractivity contribution < 1.29 is 23.9 Å². The lowest BCUT2D eigenvalue weighted by Crippen LogP contribution is -2.50. The molecule has 116 valence electrons. The molecule has 5 heteroatoms. The zero-order valence-electron chi connectivity index (χ0n) is 13.0. The van der Waals surface area contributed by atoms with E-state index in [0.29, 0.717) is 19.3 Å². The van der Waals surface area contributed by atoms with Crippen molar-refractivity contribution in [3.8, 4) is 0 Å². The Bertz CT molecular complexity index is 537. The largest absolute Gasteiger partial charge is 0.451 e. The van der Waals surface area contributed by atoms with Crippen LogP contribution in [0.5, 0.6) is 0 Å². The van der Waals surface area contributed by atoms with Crippen molar-refractivity contribution in [1.29, 1.82) is 0 Å². The first kappa shape index (κ1) is 14.5. The molecule has 1 aliphatic heterocycles. The summed E-state index contributed by atoms with van der Waals surface area (Å²) in [7, 11) is 0. The van der Waals surface area contributed by atoms with Crippen molar-refractivity contribution in [3.63, 3.8) is 0 Å². The standard InChI is InChI=1S/C16H22O5/c1-9-5-6-10(11(9)17)20-13(19)16-8-7-15(4,12(18)21-16)14(16,2)3/h9-10H,5-8H2,1-4H3/t9-,10-,15?,16?/m1/s1. The lowest BCUT2D eigenvalue weighted by molar-refractivity contribution is -0.187. The molecule has 0 radical (unpaired) electrons. The Balaban J connectivity index is 1.85. The second-order valence-electron chi connectivity index (χ2n) is 7.45. The molecule has 2 bridgehead atoms. The molecular formula is C16H22O5. The molecular weight excluding hydrogens is 272 g/mol. The van der Waals surface area contributed by atoms with E-state index in [1.165, 1.54) is 0 Å². The van der Waals surface area contributed by atoms with Crippen LogP contribution in [0.3, 0.4) is 0 Å². The van der Waals surface area contributed by atoms with Gasteiger partial charge in [-0.05, 0) is 32.6 Å². The third-order valence-electron chi connectivity index (χ3n) is 6.33. The molecule has 4 atom stereocenters. The molecule has 5 nitrogen and oxygen atoms in total. The number of hydrogen-bond donors (Lipinski definition) is 0. The number of carbonyl (C=O) groups excluding carboxylic acids is 3. The summed E-state index contributed by atoms with van der Waals surface area (Å²) in [4.78, 5) is 36.8. The molecule has 3 fully saturated rings. The fourth-order valence-corrected chi connectivity index (χ4v) is 4.05. The van der Waals surface area contributed by atoms with Gasteiger partial charge in [0.25, 0.3) is 0 Å². The zero-order valence-corrected chi connectivity index (χ0v) is 13.0. The fourth-order valence-electron chi connectivity index (χ4n) is 4.05. The van der Waals surface area contributed by atoms with E-state index in [1.54, 1.807) is 0 Å². The van der Waals surface area contributed by atoms with Crippen molar-refractivity contribution in [3.05, 3.63) is 0 Å². The van der Waals surface area contributed by atoms with Crippen molar-refractivity contribution in [1.82, 2.24) is 0 Å². The summed E-state index contributed by atoms with van der Waals surface area (Å²) in [6.45, 7) is 7.46. The Morgan fingerprint density at radius 2 is 1.86 bits per heavy atom. The van der Waals surface area contributed by atoms with E-state index in [0.717, 1.165) is 6.42 Å². The lowest BCUT2D eigenvalue weighted by Gasteiger charge is -2.35. The topological polar surface area (TPSA) is 69.7 Å². The molecule has 0 aromatic rings. The number of hydrogen-bond acceptors (Lipinski definition) is 5. The maximum atomic E-state index is 12.7. The van der Waals surface area contributed by atoms with Crippen molar-refractivity contribution in [2.45, 2.75) is 65.1 Å². The van der Waals surface area contributed by atoms with Gasteiger partial charge in [0.05, 0.1) is 5.41 Å².